The normalized spacial score (nSPS) is 12.0. The number of ether oxygens (including phenoxy) is 1. The van der Waals surface area contributed by atoms with E-state index >= 15 is 0 Å². The summed E-state index contributed by atoms with van der Waals surface area (Å²) in [6, 6.07) is 24.3. The summed E-state index contributed by atoms with van der Waals surface area (Å²) in [6.45, 7) is 2.45. The molecule has 1 aliphatic heterocycles. The van der Waals surface area contributed by atoms with Crippen molar-refractivity contribution >= 4 is 5.97 Å². The Morgan fingerprint density at radius 1 is 1.00 bits per heavy atom. The number of aromatic nitrogens is 2. The minimum absolute atomic E-state index is 0.0483. The van der Waals surface area contributed by atoms with E-state index in [1.165, 1.54) is 16.7 Å². The number of carboxylic acids is 1. The maximum absolute atomic E-state index is 11.1. The van der Waals surface area contributed by atoms with Crippen LogP contribution in [0.2, 0.25) is 0 Å². The van der Waals surface area contributed by atoms with Crippen LogP contribution in [0.1, 0.15) is 32.9 Å². The molecule has 30 heavy (non-hydrogen) atoms. The molecule has 0 spiro atoms. The first-order valence-corrected chi connectivity index (χ1v) is 9.82. The molecule has 0 unspecified atom stereocenters. The highest BCUT2D eigenvalue weighted by atomic mass is 16.5. The average Bonchev–Trinajstić information content (AvgIpc) is 3.16. The summed E-state index contributed by atoms with van der Waals surface area (Å²) in [7, 11) is 0. The van der Waals surface area contributed by atoms with Crippen molar-refractivity contribution in [1.82, 2.24) is 9.78 Å². The first kappa shape index (κ1) is 18.2. The zero-order chi connectivity index (χ0) is 20.7. The molecule has 0 aliphatic carbocycles. The largest absolute Gasteiger partial charge is 0.488 e. The monoisotopic (exact) mass is 396 g/mol. The number of fused-ring (bicyclic) bond motifs is 3. The lowest BCUT2D eigenvalue weighted by Crippen LogP contribution is -2.05. The maximum atomic E-state index is 11.1. The first-order chi connectivity index (χ1) is 14.6. The summed E-state index contributed by atoms with van der Waals surface area (Å²) in [4.78, 5) is 11.1. The highest BCUT2D eigenvalue weighted by Crippen LogP contribution is 2.38. The van der Waals surface area contributed by atoms with Crippen molar-refractivity contribution in [3.05, 3.63) is 101 Å². The molecule has 0 saturated heterocycles. The Morgan fingerprint density at radius 3 is 2.53 bits per heavy atom. The number of benzene rings is 3. The number of aryl methyl sites for hydroxylation is 1. The third-order valence-corrected chi connectivity index (χ3v) is 5.43. The minimum atomic E-state index is -1.02. The summed E-state index contributed by atoms with van der Waals surface area (Å²) in [5.41, 5.74) is 7.62. The Labute approximate surface area is 174 Å². The molecule has 5 rings (SSSR count). The van der Waals surface area contributed by atoms with Gasteiger partial charge in [-0.3, -0.25) is 0 Å². The fraction of sp³-hybridized carbons (Fsp3) is 0.120. The second-order valence-corrected chi connectivity index (χ2v) is 7.51. The Balaban J connectivity index is 1.38. The van der Waals surface area contributed by atoms with Crippen LogP contribution in [0.25, 0.3) is 16.8 Å². The number of rotatable bonds is 4. The van der Waals surface area contributed by atoms with Crippen LogP contribution in [0, 0.1) is 6.92 Å². The first-order valence-electron chi connectivity index (χ1n) is 9.82. The fourth-order valence-electron chi connectivity index (χ4n) is 3.91. The van der Waals surface area contributed by atoms with E-state index in [0.29, 0.717) is 6.61 Å². The van der Waals surface area contributed by atoms with Crippen molar-refractivity contribution in [3.63, 3.8) is 0 Å². The van der Waals surface area contributed by atoms with Gasteiger partial charge in [-0.15, -0.1) is 0 Å². The Hall–Kier alpha value is -3.86. The highest BCUT2D eigenvalue weighted by Gasteiger charge is 2.17. The zero-order valence-corrected chi connectivity index (χ0v) is 16.5. The molecule has 0 saturated carbocycles. The lowest BCUT2D eigenvalue weighted by molar-refractivity contribution is 0.0690. The molecule has 5 nitrogen and oxygen atoms in total. The van der Waals surface area contributed by atoms with Gasteiger partial charge in [0.05, 0.1) is 5.69 Å². The third-order valence-electron chi connectivity index (χ3n) is 5.43. The Morgan fingerprint density at radius 2 is 1.77 bits per heavy atom. The van der Waals surface area contributed by atoms with Gasteiger partial charge in [-0.25, -0.2) is 9.48 Å². The summed E-state index contributed by atoms with van der Waals surface area (Å²) in [5.74, 6) is -0.0955. The maximum Gasteiger partial charge on any atom is 0.356 e. The smallest absolute Gasteiger partial charge is 0.356 e. The molecule has 0 fully saturated rings. The van der Waals surface area contributed by atoms with E-state index in [4.69, 9.17) is 9.84 Å². The van der Waals surface area contributed by atoms with Crippen molar-refractivity contribution in [3.8, 4) is 22.6 Å². The van der Waals surface area contributed by atoms with Crippen molar-refractivity contribution in [2.45, 2.75) is 20.0 Å². The molecule has 1 aliphatic rings. The van der Waals surface area contributed by atoms with Gasteiger partial charge in [0.1, 0.15) is 12.4 Å². The van der Waals surface area contributed by atoms with Gasteiger partial charge in [0.25, 0.3) is 0 Å². The van der Waals surface area contributed by atoms with Crippen LogP contribution >= 0.6 is 0 Å². The van der Waals surface area contributed by atoms with Crippen molar-refractivity contribution in [2.24, 2.45) is 0 Å². The Kier molecular flexibility index (Phi) is 4.36. The van der Waals surface area contributed by atoms with Gasteiger partial charge in [-0.2, -0.15) is 5.10 Å². The van der Waals surface area contributed by atoms with Gasteiger partial charge < -0.3 is 9.84 Å². The molecule has 0 amide bonds. The summed E-state index contributed by atoms with van der Waals surface area (Å²) >= 11 is 0. The molecular weight excluding hydrogens is 376 g/mol. The molecule has 3 aromatic carbocycles. The predicted octanol–water partition coefficient (Wildman–Crippen LogP) is 5.03. The van der Waals surface area contributed by atoms with Gasteiger partial charge in [-0.05, 0) is 59.9 Å². The quantitative estimate of drug-likeness (QED) is 0.526. The van der Waals surface area contributed by atoms with Crippen LogP contribution in [0.3, 0.4) is 0 Å². The van der Waals surface area contributed by atoms with E-state index in [1.54, 1.807) is 10.7 Å². The minimum Gasteiger partial charge on any atom is -0.488 e. The molecule has 4 aromatic rings. The summed E-state index contributed by atoms with van der Waals surface area (Å²) < 4.78 is 7.63. The van der Waals surface area contributed by atoms with Crippen LogP contribution in [0.15, 0.2) is 72.8 Å². The molecule has 0 bridgehead atoms. The van der Waals surface area contributed by atoms with E-state index in [1.807, 2.05) is 37.3 Å². The Bertz CT molecular complexity index is 1260. The number of aromatic carboxylic acids is 1. The van der Waals surface area contributed by atoms with Crippen LogP contribution in [-0.2, 0) is 13.0 Å². The van der Waals surface area contributed by atoms with Crippen LogP contribution in [0.4, 0.5) is 0 Å². The standard InChI is InChI=1S/C25H20N2O3/c1-16-12-23(25(28)29)26-27(16)20-9-6-17(7-10-20)13-18-8-11-22-21-5-3-2-4-19(21)15-30-24(22)14-18/h2-12,14H,13,15H2,1H3,(H,28,29). The molecule has 1 N–H and O–H groups in total. The number of nitrogens with zero attached hydrogens (tertiary/aromatic N) is 2. The number of carboxylic acid groups (broad SMARTS) is 1. The topological polar surface area (TPSA) is 64.3 Å². The number of hydrogen-bond donors (Lipinski definition) is 1. The molecular formula is C25H20N2O3. The van der Waals surface area contributed by atoms with E-state index in [2.05, 4.69) is 41.5 Å². The van der Waals surface area contributed by atoms with Gasteiger partial charge >= 0.3 is 5.97 Å². The predicted molar refractivity (Wildman–Crippen MR) is 114 cm³/mol. The van der Waals surface area contributed by atoms with E-state index in [9.17, 15) is 4.79 Å². The SMILES string of the molecule is Cc1cc(C(=O)O)nn1-c1ccc(Cc2ccc3c(c2)OCc2ccccc2-3)cc1. The van der Waals surface area contributed by atoms with Crippen molar-refractivity contribution < 1.29 is 14.6 Å². The van der Waals surface area contributed by atoms with E-state index in [0.717, 1.165) is 34.7 Å². The second kappa shape index (κ2) is 7.19. The average molecular weight is 396 g/mol. The molecule has 0 atom stereocenters. The van der Waals surface area contributed by atoms with E-state index < -0.39 is 5.97 Å². The molecule has 148 valence electrons. The third kappa shape index (κ3) is 3.24. The van der Waals surface area contributed by atoms with Gasteiger partial charge in [0.2, 0.25) is 0 Å². The lowest BCUT2D eigenvalue weighted by atomic mass is 9.94. The zero-order valence-electron chi connectivity index (χ0n) is 16.5. The van der Waals surface area contributed by atoms with Gasteiger partial charge in [0.15, 0.2) is 5.69 Å². The summed E-state index contributed by atoms with van der Waals surface area (Å²) in [5, 5.41) is 13.3. The van der Waals surface area contributed by atoms with Crippen LogP contribution in [-0.4, -0.2) is 20.9 Å². The van der Waals surface area contributed by atoms with Gasteiger partial charge in [-0.1, -0.05) is 48.5 Å². The molecule has 2 heterocycles. The van der Waals surface area contributed by atoms with Crippen LogP contribution in [0.5, 0.6) is 5.75 Å². The molecule has 1 aromatic heterocycles. The van der Waals surface area contributed by atoms with E-state index in [-0.39, 0.29) is 5.69 Å². The van der Waals surface area contributed by atoms with Crippen molar-refractivity contribution in [1.29, 1.82) is 0 Å². The van der Waals surface area contributed by atoms with Crippen molar-refractivity contribution in [2.75, 3.05) is 0 Å². The molecule has 5 heteroatoms. The number of hydrogen-bond acceptors (Lipinski definition) is 3. The van der Waals surface area contributed by atoms with Crippen LogP contribution < -0.4 is 4.74 Å². The highest BCUT2D eigenvalue weighted by molar-refractivity contribution is 5.85. The van der Waals surface area contributed by atoms with Gasteiger partial charge in [0, 0.05) is 11.3 Å². The summed E-state index contributed by atoms with van der Waals surface area (Å²) in [6.07, 6.45) is 0.789. The lowest BCUT2D eigenvalue weighted by Gasteiger charge is -2.21. The second-order valence-electron chi connectivity index (χ2n) is 7.51. The fourth-order valence-corrected chi connectivity index (χ4v) is 3.91. The number of carbonyl (C=O) groups is 1. The molecule has 0 radical (unpaired) electrons.